The fourth-order valence-corrected chi connectivity index (χ4v) is 2.42. The van der Waals surface area contributed by atoms with E-state index in [-0.39, 0.29) is 5.91 Å². The normalized spacial score (nSPS) is 13.5. The number of halogens is 1. The van der Waals surface area contributed by atoms with Gasteiger partial charge in [-0.1, -0.05) is 48.0 Å². The molecule has 0 aliphatic carbocycles. The largest absolute Gasteiger partial charge is 0.385 e. The first-order valence-electron chi connectivity index (χ1n) is 7.22. The van der Waals surface area contributed by atoms with E-state index in [2.05, 4.69) is 5.32 Å². The maximum atomic E-state index is 10.9. The van der Waals surface area contributed by atoms with Gasteiger partial charge in [-0.25, -0.2) is 0 Å². The number of hydrogen-bond acceptors (Lipinski definition) is 2. The Balaban J connectivity index is 2.10. The summed E-state index contributed by atoms with van der Waals surface area (Å²) in [6, 6.07) is 15.4. The number of amides is 1. The zero-order chi connectivity index (χ0) is 16.2. The molecule has 0 saturated carbocycles. The number of benzene rings is 2. The van der Waals surface area contributed by atoms with Crippen molar-refractivity contribution in [3.63, 3.8) is 0 Å². The Bertz CT molecular complexity index is 633. The second kappa shape index (κ2) is 6.95. The summed E-state index contributed by atoms with van der Waals surface area (Å²) in [4.78, 5) is 10.9. The first kappa shape index (κ1) is 16.5. The van der Waals surface area contributed by atoms with Gasteiger partial charge in [0, 0.05) is 18.5 Å². The summed E-state index contributed by atoms with van der Waals surface area (Å²) in [6.07, 6.45) is 0.465. The third kappa shape index (κ3) is 4.33. The Labute approximate surface area is 135 Å². The van der Waals surface area contributed by atoms with Crippen molar-refractivity contribution in [2.45, 2.75) is 25.9 Å². The van der Waals surface area contributed by atoms with Crippen molar-refractivity contribution in [3.8, 4) is 11.1 Å². The Kier molecular flexibility index (Phi) is 5.22. The molecule has 0 aliphatic rings. The third-order valence-electron chi connectivity index (χ3n) is 3.67. The first-order chi connectivity index (χ1) is 10.4. The number of hydrogen-bond donors (Lipinski definition) is 2. The second-order valence-corrected chi connectivity index (χ2v) is 6.03. The zero-order valence-corrected chi connectivity index (χ0v) is 13.5. The minimum absolute atomic E-state index is 0.0890. The summed E-state index contributed by atoms with van der Waals surface area (Å²) >= 11 is 5.89. The van der Waals surface area contributed by atoms with Gasteiger partial charge in [0.05, 0.1) is 5.60 Å². The molecule has 0 fully saturated rings. The minimum atomic E-state index is -0.971. The standard InChI is InChI=1S/C18H20ClNO2/c1-13(21)20-12-11-18(2,22)16-7-3-14(4-8-16)15-5-9-17(19)10-6-15/h3-10,22H,11-12H2,1-2H3,(H,20,21). The van der Waals surface area contributed by atoms with Gasteiger partial charge in [0.1, 0.15) is 0 Å². The molecule has 1 atom stereocenters. The van der Waals surface area contributed by atoms with Crippen molar-refractivity contribution < 1.29 is 9.90 Å². The molecule has 0 heterocycles. The zero-order valence-electron chi connectivity index (χ0n) is 12.8. The van der Waals surface area contributed by atoms with Gasteiger partial charge in [-0.2, -0.15) is 0 Å². The predicted octanol–water partition coefficient (Wildman–Crippen LogP) is 3.74. The maximum Gasteiger partial charge on any atom is 0.216 e. The summed E-state index contributed by atoms with van der Waals surface area (Å²) in [5.74, 6) is -0.0890. The fourth-order valence-electron chi connectivity index (χ4n) is 2.29. The van der Waals surface area contributed by atoms with Crippen LogP contribution in [-0.2, 0) is 10.4 Å². The van der Waals surface area contributed by atoms with Crippen LogP contribution in [0.25, 0.3) is 11.1 Å². The molecule has 2 N–H and O–H groups in total. The molecule has 1 unspecified atom stereocenters. The highest BCUT2D eigenvalue weighted by Gasteiger charge is 2.22. The molecule has 116 valence electrons. The van der Waals surface area contributed by atoms with Crippen LogP contribution in [0.15, 0.2) is 48.5 Å². The monoisotopic (exact) mass is 317 g/mol. The summed E-state index contributed by atoms with van der Waals surface area (Å²) in [5, 5.41) is 13.9. The highest BCUT2D eigenvalue weighted by atomic mass is 35.5. The van der Waals surface area contributed by atoms with Crippen LogP contribution in [0.4, 0.5) is 0 Å². The van der Waals surface area contributed by atoms with Crippen molar-refractivity contribution in [1.29, 1.82) is 0 Å². The molecule has 2 aromatic carbocycles. The van der Waals surface area contributed by atoms with Crippen LogP contribution in [0.2, 0.25) is 5.02 Å². The molecular weight excluding hydrogens is 298 g/mol. The fraction of sp³-hybridized carbons (Fsp3) is 0.278. The van der Waals surface area contributed by atoms with Crippen molar-refractivity contribution in [2.24, 2.45) is 0 Å². The van der Waals surface area contributed by atoms with Crippen molar-refractivity contribution in [1.82, 2.24) is 5.32 Å². The van der Waals surface area contributed by atoms with E-state index in [1.807, 2.05) is 48.5 Å². The Morgan fingerprint density at radius 1 is 1.09 bits per heavy atom. The third-order valence-corrected chi connectivity index (χ3v) is 3.92. The average Bonchev–Trinajstić information content (AvgIpc) is 2.47. The van der Waals surface area contributed by atoms with E-state index in [0.717, 1.165) is 16.7 Å². The summed E-state index contributed by atoms with van der Waals surface area (Å²) < 4.78 is 0. The minimum Gasteiger partial charge on any atom is -0.385 e. The first-order valence-corrected chi connectivity index (χ1v) is 7.59. The summed E-state index contributed by atoms with van der Waals surface area (Å²) in [5.41, 5.74) is 2.00. The quantitative estimate of drug-likeness (QED) is 0.882. The van der Waals surface area contributed by atoms with Crippen LogP contribution < -0.4 is 5.32 Å². The summed E-state index contributed by atoms with van der Waals surface area (Å²) in [7, 11) is 0. The van der Waals surface area contributed by atoms with E-state index in [1.54, 1.807) is 6.92 Å². The van der Waals surface area contributed by atoms with E-state index >= 15 is 0 Å². The summed E-state index contributed by atoms with van der Waals surface area (Å²) in [6.45, 7) is 3.67. The lowest BCUT2D eigenvalue weighted by Gasteiger charge is -2.24. The Morgan fingerprint density at radius 2 is 1.59 bits per heavy atom. The molecule has 0 saturated heterocycles. The molecule has 0 bridgehead atoms. The van der Waals surface area contributed by atoms with Gasteiger partial charge in [0.2, 0.25) is 5.91 Å². The van der Waals surface area contributed by atoms with Crippen molar-refractivity contribution in [2.75, 3.05) is 6.54 Å². The van der Waals surface area contributed by atoms with Gasteiger partial charge < -0.3 is 10.4 Å². The number of nitrogens with one attached hydrogen (secondary N) is 1. The average molecular weight is 318 g/mol. The van der Waals surface area contributed by atoms with Crippen LogP contribution in [0.5, 0.6) is 0 Å². The van der Waals surface area contributed by atoms with Crippen LogP contribution in [0.3, 0.4) is 0 Å². The molecule has 3 nitrogen and oxygen atoms in total. The number of carbonyl (C=O) groups is 1. The number of carbonyl (C=O) groups excluding carboxylic acids is 1. The SMILES string of the molecule is CC(=O)NCCC(C)(O)c1ccc(-c2ccc(Cl)cc2)cc1. The van der Waals surface area contributed by atoms with Crippen LogP contribution >= 0.6 is 11.6 Å². The molecule has 0 aromatic heterocycles. The lowest BCUT2D eigenvalue weighted by Crippen LogP contribution is -2.29. The topological polar surface area (TPSA) is 49.3 Å². The molecule has 4 heteroatoms. The smallest absolute Gasteiger partial charge is 0.216 e. The molecule has 2 aromatic rings. The predicted molar refractivity (Wildman–Crippen MR) is 89.8 cm³/mol. The van der Waals surface area contributed by atoms with Crippen molar-refractivity contribution >= 4 is 17.5 Å². The lowest BCUT2D eigenvalue weighted by molar-refractivity contribution is -0.119. The maximum absolute atomic E-state index is 10.9. The van der Waals surface area contributed by atoms with Gasteiger partial charge in [-0.3, -0.25) is 4.79 Å². The number of aliphatic hydroxyl groups is 1. The van der Waals surface area contributed by atoms with Gasteiger partial charge in [-0.15, -0.1) is 0 Å². The van der Waals surface area contributed by atoms with Crippen LogP contribution in [0, 0.1) is 0 Å². The van der Waals surface area contributed by atoms with E-state index in [1.165, 1.54) is 6.92 Å². The van der Waals surface area contributed by atoms with Gasteiger partial charge in [-0.05, 0) is 42.2 Å². The highest BCUT2D eigenvalue weighted by Crippen LogP contribution is 2.27. The lowest BCUT2D eigenvalue weighted by atomic mass is 9.91. The Hall–Kier alpha value is -1.84. The van der Waals surface area contributed by atoms with E-state index in [9.17, 15) is 9.90 Å². The van der Waals surface area contributed by atoms with E-state index in [4.69, 9.17) is 11.6 Å². The molecular formula is C18H20ClNO2. The Morgan fingerprint density at radius 3 is 2.09 bits per heavy atom. The van der Waals surface area contributed by atoms with Gasteiger partial charge in [0.25, 0.3) is 0 Å². The molecule has 0 aliphatic heterocycles. The van der Waals surface area contributed by atoms with Crippen molar-refractivity contribution in [3.05, 3.63) is 59.1 Å². The van der Waals surface area contributed by atoms with Gasteiger partial charge in [0.15, 0.2) is 0 Å². The molecule has 0 radical (unpaired) electrons. The molecule has 2 rings (SSSR count). The van der Waals surface area contributed by atoms with Crippen LogP contribution in [-0.4, -0.2) is 17.6 Å². The molecule has 0 spiro atoms. The van der Waals surface area contributed by atoms with E-state index in [0.29, 0.717) is 18.0 Å². The van der Waals surface area contributed by atoms with Gasteiger partial charge >= 0.3 is 0 Å². The number of rotatable bonds is 5. The molecule has 1 amide bonds. The van der Waals surface area contributed by atoms with Crippen LogP contribution in [0.1, 0.15) is 25.8 Å². The second-order valence-electron chi connectivity index (χ2n) is 5.59. The highest BCUT2D eigenvalue weighted by molar-refractivity contribution is 6.30. The van der Waals surface area contributed by atoms with E-state index < -0.39 is 5.60 Å². The molecule has 22 heavy (non-hydrogen) atoms.